The summed E-state index contributed by atoms with van der Waals surface area (Å²) in [6, 6.07) is 7.16. The lowest BCUT2D eigenvalue weighted by molar-refractivity contribution is 0.0599. The Bertz CT molecular complexity index is 328. The molecule has 0 aliphatic heterocycles. The molecular weight excluding hydrogens is 214 g/mol. The third-order valence-electron chi connectivity index (χ3n) is 2.21. The highest BCUT2D eigenvalue weighted by atomic mass is 35.5. The molecule has 0 unspecified atom stereocenters. The number of ether oxygens (including phenoxy) is 1. The third kappa shape index (κ3) is 3.22. The van der Waals surface area contributed by atoms with Crippen LogP contribution >= 0.6 is 12.4 Å². The summed E-state index contributed by atoms with van der Waals surface area (Å²) in [7, 11) is 1.37. The van der Waals surface area contributed by atoms with Gasteiger partial charge < -0.3 is 10.5 Å². The zero-order valence-corrected chi connectivity index (χ0v) is 9.71. The monoisotopic (exact) mass is 229 g/mol. The van der Waals surface area contributed by atoms with Gasteiger partial charge in [0.2, 0.25) is 0 Å². The number of halogens is 1. The van der Waals surface area contributed by atoms with Gasteiger partial charge in [-0.05, 0) is 18.1 Å². The van der Waals surface area contributed by atoms with Crippen molar-refractivity contribution < 1.29 is 9.53 Å². The van der Waals surface area contributed by atoms with Crippen molar-refractivity contribution >= 4 is 18.4 Å². The van der Waals surface area contributed by atoms with Gasteiger partial charge in [-0.25, -0.2) is 4.79 Å². The van der Waals surface area contributed by atoms with Crippen LogP contribution in [-0.4, -0.2) is 13.1 Å². The summed E-state index contributed by atoms with van der Waals surface area (Å²) in [5.41, 5.74) is 7.29. The maximum atomic E-state index is 11.4. The Morgan fingerprint density at radius 1 is 1.47 bits per heavy atom. The summed E-state index contributed by atoms with van der Waals surface area (Å²) in [5, 5.41) is 0. The zero-order chi connectivity index (χ0) is 10.6. The first-order valence-electron chi connectivity index (χ1n) is 4.63. The van der Waals surface area contributed by atoms with Gasteiger partial charge in [0.05, 0.1) is 12.7 Å². The maximum Gasteiger partial charge on any atom is 0.338 e. The summed E-state index contributed by atoms with van der Waals surface area (Å²) in [4.78, 5) is 11.4. The molecule has 4 heteroatoms. The van der Waals surface area contributed by atoms with Crippen LogP contribution < -0.4 is 5.73 Å². The highest BCUT2D eigenvalue weighted by molar-refractivity contribution is 5.91. The molecule has 15 heavy (non-hydrogen) atoms. The molecule has 0 aliphatic carbocycles. The van der Waals surface area contributed by atoms with E-state index >= 15 is 0 Å². The predicted octanol–water partition coefficient (Wildman–Crippen LogP) is 2.30. The van der Waals surface area contributed by atoms with Gasteiger partial charge in [-0.2, -0.15) is 0 Å². The Labute approximate surface area is 96.0 Å². The highest BCUT2D eigenvalue weighted by Gasteiger charge is 2.14. The first kappa shape index (κ1) is 13.9. The second-order valence-electron chi connectivity index (χ2n) is 3.09. The summed E-state index contributed by atoms with van der Waals surface area (Å²) in [6.07, 6.45) is 0.800. The van der Waals surface area contributed by atoms with Crippen LogP contribution in [-0.2, 0) is 4.74 Å². The molecular formula is C11H16ClNO2. The van der Waals surface area contributed by atoms with Gasteiger partial charge in [-0.15, -0.1) is 12.4 Å². The molecule has 1 aromatic carbocycles. The van der Waals surface area contributed by atoms with Gasteiger partial charge in [-0.3, -0.25) is 0 Å². The lowest BCUT2D eigenvalue weighted by Gasteiger charge is -2.12. The lowest BCUT2D eigenvalue weighted by Crippen LogP contribution is -2.14. The molecule has 3 nitrogen and oxygen atoms in total. The molecule has 1 aromatic rings. The Balaban J connectivity index is 0.00000196. The van der Waals surface area contributed by atoms with Crippen molar-refractivity contribution in [3.8, 4) is 0 Å². The summed E-state index contributed by atoms with van der Waals surface area (Å²) >= 11 is 0. The van der Waals surface area contributed by atoms with Crippen molar-refractivity contribution in [1.82, 2.24) is 0 Å². The number of benzene rings is 1. The Hall–Kier alpha value is -1.06. The van der Waals surface area contributed by atoms with Crippen molar-refractivity contribution in [2.75, 3.05) is 7.11 Å². The molecule has 0 saturated heterocycles. The second-order valence-corrected chi connectivity index (χ2v) is 3.09. The normalized spacial score (nSPS) is 11.4. The van der Waals surface area contributed by atoms with Gasteiger partial charge in [0, 0.05) is 6.04 Å². The van der Waals surface area contributed by atoms with E-state index in [2.05, 4.69) is 4.74 Å². The summed E-state index contributed by atoms with van der Waals surface area (Å²) in [6.45, 7) is 1.98. The molecule has 1 rings (SSSR count). The van der Waals surface area contributed by atoms with Crippen LogP contribution in [0.4, 0.5) is 0 Å². The van der Waals surface area contributed by atoms with Crippen molar-refractivity contribution in [1.29, 1.82) is 0 Å². The average Bonchev–Trinajstić information content (AvgIpc) is 2.27. The van der Waals surface area contributed by atoms with E-state index in [9.17, 15) is 4.79 Å². The van der Waals surface area contributed by atoms with E-state index < -0.39 is 0 Å². The van der Waals surface area contributed by atoms with Crippen molar-refractivity contribution in [3.63, 3.8) is 0 Å². The molecule has 0 aliphatic rings. The summed E-state index contributed by atoms with van der Waals surface area (Å²) < 4.78 is 4.68. The van der Waals surface area contributed by atoms with Crippen LogP contribution in [0.25, 0.3) is 0 Å². The minimum atomic E-state index is -0.329. The number of hydrogen-bond donors (Lipinski definition) is 1. The number of hydrogen-bond acceptors (Lipinski definition) is 3. The molecule has 2 N–H and O–H groups in total. The number of rotatable bonds is 3. The first-order chi connectivity index (χ1) is 6.70. The molecule has 1 atom stereocenters. The molecule has 0 heterocycles. The second kappa shape index (κ2) is 6.43. The fourth-order valence-corrected chi connectivity index (χ4v) is 1.34. The van der Waals surface area contributed by atoms with Crippen LogP contribution in [0.1, 0.15) is 35.3 Å². The molecule has 0 amide bonds. The van der Waals surface area contributed by atoms with E-state index in [-0.39, 0.29) is 24.4 Å². The van der Waals surface area contributed by atoms with Crippen LogP contribution in [0.2, 0.25) is 0 Å². The predicted molar refractivity (Wildman–Crippen MR) is 62.2 cm³/mol. The first-order valence-corrected chi connectivity index (χ1v) is 4.63. The standard InChI is InChI=1S/C11H15NO2.ClH/c1-3-10(12)8-6-4-5-7-9(8)11(13)14-2;/h4-7,10H,3,12H2,1-2H3;1H/t10-;/m0./s1. The largest absolute Gasteiger partial charge is 0.465 e. The summed E-state index contributed by atoms with van der Waals surface area (Å²) in [5.74, 6) is -0.329. The molecule has 0 bridgehead atoms. The Morgan fingerprint density at radius 2 is 2.07 bits per heavy atom. The SMILES string of the molecule is CC[C@H](N)c1ccccc1C(=O)OC.Cl. The van der Waals surface area contributed by atoms with Crippen LogP contribution in [0.15, 0.2) is 24.3 Å². The molecule has 0 aromatic heterocycles. The molecule has 0 spiro atoms. The number of nitrogens with two attached hydrogens (primary N) is 1. The number of esters is 1. The number of methoxy groups -OCH3 is 1. The van der Waals surface area contributed by atoms with Crippen LogP contribution in [0.5, 0.6) is 0 Å². The van der Waals surface area contributed by atoms with E-state index in [1.165, 1.54) is 7.11 Å². The van der Waals surface area contributed by atoms with E-state index in [4.69, 9.17) is 5.73 Å². The Kier molecular flexibility index (Phi) is 5.97. The smallest absolute Gasteiger partial charge is 0.338 e. The van der Waals surface area contributed by atoms with Gasteiger partial charge in [0.15, 0.2) is 0 Å². The van der Waals surface area contributed by atoms with Crippen molar-refractivity contribution in [2.24, 2.45) is 5.73 Å². The van der Waals surface area contributed by atoms with Crippen LogP contribution in [0.3, 0.4) is 0 Å². The Morgan fingerprint density at radius 3 is 2.60 bits per heavy atom. The molecule has 0 fully saturated rings. The van der Waals surface area contributed by atoms with E-state index in [1.54, 1.807) is 12.1 Å². The fourth-order valence-electron chi connectivity index (χ4n) is 1.34. The van der Waals surface area contributed by atoms with Gasteiger partial charge >= 0.3 is 5.97 Å². The topological polar surface area (TPSA) is 52.3 Å². The van der Waals surface area contributed by atoms with Gasteiger partial charge in [0.25, 0.3) is 0 Å². The minimum Gasteiger partial charge on any atom is -0.465 e. The highest BCUT2D eigenvalue weighted by Crippen LogP contribution is 2.18. The zero-order valence-electron chi connectivity index (χ0n) is 8.90. The van der Waals surface area contributed by atoms with Crippen molar-refractivity contribution in [2.45, 2.75) is 19.4 Å². The average molecular weight is 230 g/mol. The minimum absolute atomic E-state index is 0. The van der Waals surface area contributed by atoms with Gasteiger partial charge in [0.1, 0.15) is 0 Å². The molecule has 0 saturated carbocycles. The van der Waals surface area contributed by atoms with E-state index in [1.807, 2.05) is 19.1 Å². The maximum absolute atomic E-state index is 11.4. The van der Waals surface area contributed by atoms with Crippen LogP contribution in [0, 0.1) is 0 Å². The van der Waals surface area contributed by atoms with Crippen molar-refractivity contribution in [3.05, 3.63) is 35.4 Å². The quantitative estimate of drug-likeness (QED) is 0.810. The fraction of sp³-hybridized carbons (Fsp3) is 0.364. The van der Waals surface area contributed by atoms with Gasteiger partial charge in [-0.1, -0.05) is 25.1 Å². The molecule has 84 valence electrons. The van der Waals surface area contributed by atoms with E-state index in [0.717, 1.165) is 12.0 Å². The lowest BCUT2D eigenvalue weighted by atomic mass is 9.99. The number of carbonyl (C=O) groups excluding carboxylic acids is 1. The third-order valence-corrected chi connectivity index (χ3v) is 2.21. The molecule has 0 radical (unpaired) electrons. The van der Waals surface area contributed by atoms with E-state index in [0.29, 0.717) is 5.56 Å². The number of carbonyl (C=O) groups is 1.